The molecule has 84 valence electrons. The van der Waals surface area contributed by atoms with Crippen molar-refractivity contribution >= 4 is 0 Å². The molecule has 2 heteroatoms. The van der Waals surface area contributed by atoms with Crippen molar-refractivity contribution in [3.63, 3.8) is 0 Å². The first-order valence-electron chi connectivity index (χ1n) is 5.60. The zero-order valence-electron chi connectivity index (χ0n) is 10.4. The van der Waals surface area contributed by atoms with Crippen LogP contribution in [-0.4, -0.2) is 9.78 Å². The largest absolute Gasteiger partial charge is 0.241 e. The van der Waals surface area contributed by atoms with Crippen LogP contribution in [0.3, 0.4) is 0 Å². The summed E-state index contributed by atoms with van der Waals surface area (Å²) in [4.78, 5) is 0. The number of hydrogen-bond acceptors (Lipinski definition) is 1. The third kappa shape index (κ3) is 1.87. The van der Waals surface area contributed by atoms with Gasteiger partial charge in [0, 0.05) is 12.4 Å². The van der Waals surface area contributed by atoms with Crippen LogP contribution >= 0.6 is 0 Å². The highest BCUT2D eigenvalue weighted by atomic mass is 15.3. The second-order valence-electron chi connectivity index (χ2n) is 5.15. The average molecular weight is 214 g/mol. The van der Waals surface area contributed by atoms with Gasteiger partial charge in [-0.2, -0.15) is 5.10 Å². The van der Waals surface area contributed by atoms with Crippen LogP contribution in [0.1, 0.15) is 31.9 Å². The highest BCUT2D eigenvalue weighted by Gasteiger charge is 2.17. The third-order valence-electron chi connectivity index (χ3n) is 2.86. The summed E-state index contributed by atoms with van der Waals surface area (Å²) in [5.74, 6) is 0. The number of benzene rings is 1. The summed E-state index contributed by atoms with van der Waals surface area (Å²) in [5.41, 5.74) is 4.02. The van der Waals surface area contributed by atoms with Crippen molar-refractivity contribution in [1.29, 1.82) is 0 Å². The van der Waals surface area contributed by atoms with Crippen LogP contribution in [-0.2, 0) is 5.41 Å². The summed E-state index contributed by atoms with van der Waals surface area (Å²) in [6, 6.07) is 8.35. The Morgan fingerprint density at radius 2 is 1.88 bits per heavy atom. The van der Waals surface area contributed by atoms with Gasteiger partial charge >= 0.3 is 0 Å². The molecule has 0 amide bonds. The molecule has 16 heavy (non-hydrogen) atoms. The number of nitrogens with zero attached hydrogens (tertiary/aromatic N) is 2. The zero-order valence-corrected chi connectivity index (χ0v) is 10.4. The smallest absolute Gasteiger partial charge is 0.0677 e. The Morgan fingerprint density at radius 3 is 2.44 bits per heavy atom. The lowest BCUT2D eigenvalue weighted by Gasteiger charge is -2.23. The molecule has 0 unspecified atom stereocenters. The molecule has 0 aliphatic heterocycles. The molecule has 0 aliphatic rings. The predicted octanol–water partition coefficient (Wildman–Crippen LogP) is 3.48. The summed E-state index contributed by atoms with van der Waals surface area (Å²) in [6.07, 6.45) is 3.79. The van der Waals surface area contributed by atoms with Crippen molar-refractivity contribution in [2.24, 2.45) is 0 Å². The van der Waals surface area contributed by atoms with Gasteiger partial charge in [-0.1, -0.05) is 32.9 Å². The minimum Gasteiger partial charge on any atom is -0.241 e. The summed E-state index contributed by atoms with van der Waals surface area (Å²) >= 11 is 0. The monoisotopic (exact) mass is 214 g/mol. The lowest BCUT2D eigenvalue weighted by Crippen LogP contribution is -2.14. The van der Waals surface area contributed by atoms with Gasteiger partial charge in [0.1, 0.15) is 0 Å². The Labute approximate surface area is 96.9 Å². The normalized spacial score (nSPS) is 11.8. The summed E-state index contributed by atoms with van der Waals surface area (Å²) < 4.78 is 1.92. The van der Waals surface area contributed by atoms with Crippen molar-refractivity contribution in [3.8, 4) is 5.69 Å². The molecule has 0 fully saturated rings. The molecule has 2 nitrogen and oxygen atoms in total. The summed E-state index contributed by atoms with van der Waals surface area (Å²) in [5, 5.41) is 4.29. The van der Waals surface area contributed by atoms with Crippen molar-refractivity contribution in [1.82, 2.24) is 9.78 Å². The fourth-order valence-electron chi connectivity index (χ4n) is 2.10. The Kier molecular flexibility index (Phi) is 2.58. The predicted molar refractivity (Wildman–Crippen MR) is 67.0 cm³/mol. The Hall–Kier alpha value is -1.57. The Morgan fingerprint density at radius 1 is 1.12 bits per heavy atom. The highest BCUT2D eigenvalue weighted by Crippen LogP contribution is 2.28. The van der Waals surface area contributed by atoms with Gasteiger partial charge < -0.3 is 0 Å². The molecule has 0 radical (unpaired) electrons. The second kappa shape index (κ2) is 3.78. The van der Waals surface area contributed by atoms with E-state index < -0.39 is 0 Å². The van der Waals surface area contributed by atoms with Crippen molar-refractivity contribution in [2.45, 2.75) is 33.1 Å². The van der Waals surface area contributed by atoms with Gasteiger partial charge in [0.2, 0.25) is 0 Å². The highest BCUT2D eigenvalue weighted by molar-refractivity contribution is 5.47. The fraction of sp³-hybridized carbons (Fsp3) is 0.357. The molecule has 0 aliphatic carbocycles. The SMILES string of the molecule is Cc1c(-n2cccn2)cccc1C(C)(C)C. The topological polar surface area (TPSA) is 17.8 Å². The summed E-state index contributed by atoms with van der Waals surface area (Å²) in [6.45, 7) is 8.88. The van der Waals surface area contributed by atoms with Crippen molar-refractivity contribution in [3.05, 3.63) is 47.8 Å². The maximum Gasteiger partial charge on any atom is 0.0677 e. The number of aromatic nitrogens is 2. The van der Waals surface area contributed by atoms with Crippen molar-refractivity contribution in [2.75, 3.05) is 0 Å². The molecule has 1 heterocycles. The minimum absolute atomic E-state index is 0.174. The molecule has 0 N–H and O–H groups in total. The first-order chi connectivity index (χ1) is 7.50. The Bertz CT molecular complexity index is 476. The first-order valence-corrected chi connectivity index (χ1v) is 5.60. The number of rotatable bonds is 1. The van der Waals surface area contributed by atoms with Gasteiger partial charge in [0.15, 0.2) is 0 Å². The average Bonchev–Trinajstić information content (AvgIpc) is 2.69. The zero-order chi connectivity index (χ0) is 11.8. The molecule has 1 aromatic heterocycles. The van der Waals surface area contributed by atoms with Gasteiger partial charge in [0.25, 0.3) is 0 Å². The maximum absolute atomic E-state index is 4.29. The van der Waals surface area contributed by atoms with Crippen LogP contribution in [0.5, 0.6) is 0 Å². The third-order valence-corrected chi connectivity index (χ3v) is 2.86. The lowest BCUT2D eigenvalue weighted by atomic mass is 9.83. The summed E-state index contributed by atoms with van der Waals surface area (Å²) in [7, 11) is 0. The van der Waals surface area contributed by atoms with Crippen LogP contribution in [0.4, 0.5) is 0 Å². The van der Waals surface area contributed by atoms with Gasteiger partial charge in [-0.3, -0.25) is 0 Å². The van der Waals surface area contributed by atoms with E-state index in [9.17, 15) is 0 Å². The van der Waals surface area contributed by atoms with Gasteiger partial charge in [-0.05, 0) is 35.6 Å². The van der Waals surface area contributed by atoms with Crippen LogP contribution < -0.4 is 0 Å². The quantitative estimate of drug-likeness (QED) is 0.710. The molecular weight excluding hydrogens is 196 g/mol. The van der Waals surface area contributed by atoms with E-state index in [4.69, 9.17) is 0 Å². The Balaban J connectivity index is 2.58. The minimum atomic E-state index is 0.174. The standard InChI is InChI=1S/C14H18N2/c1-11-12(14(2,3)4)7-5-8-13(11)16-10-6-9-15-16/h5-10H,1-4H3. The second-order valence-corrected chi connectivity index (χ2v) is 5.15. The van der Waals surface area contributed by atoms with Gasteiger partial charge in [-0.25, -0.2) is 4.68 Å². The van der Waals surface area contributed by atoms with E-state index in [1.54, 1.807) is 0 Å². The maximum atomic E-state index is 4.29. The first kappa shape index (κ1) is 10.9. The van der Waals surface area contributed by atoms with E-state index in [1.807, 2.05) is 23.1 Å². The van der Waals surface area contributed by atoms with Crippen molar-refractivity contribution < 1.29 is 0 Å². The molecule has 1 aromatic carbocycles. The van der Waals surface area contributed by atoms with Crippen LogP contribution in [0.15, 0.2) is 36.7 Å². The molecule has 2 rings (SSSR count). The number of hydrogen-bond donors (Lipinski definition) is 0. The van der Waals surface area contributed by atoms with E-state index >= 15 is 0 Å². The molecule has 0 bridgehead atoms. The van der Waals surface area contributed by atoms with Crippen LogP contribution in [0.2, 0.25) is 0 Å². The molecular formula is C14H18N2. The molecule has 0 spiro atoms. The molecule has 2 aromatic rings. The van der Waals surface area contributed by atoms with E-state index in [0.717, 1.165) is 5.69 Å². The molecule has 0 atom stereocenters. The van der Waals surface area contributed by atoms with E-state index in [0.29, 0.717) is 0 Å². The van der Waals surface area contributed by atoms with Gasteiger partial charge in [0.05, 0.1) is 5.69 Å². The van der Waals surface area contributed by atoms with E-state index in [-0.39, 0.29) is 5.41 Å². The lowest BCUT2D eigenvalue weighted by molar-refractivity contribution is 0.585. The fourth-order valence-corrected chi connectivity index (χ4v) is 2.10. The molecule has 0 saturated heterocycles. The van der Waals surface area contributed by atoms with Crippen LogP contribution in [0, 0.1) is 6.92 Å². The van der Waals surface area contributed by atoms with Gasteiger partial charge in [-0.15, -0.1) is 0 Å². The van der Waals surface area contributed by atoms with Crippen LogP contribution in [0.25, 0.3) is 5.69 Å². The molecule has 0 saturated carbocycles. The van der Waals surface area contributed by atoms with E-state index in [2.05, 4.69) is 51.0 Å². The van der Waals surface area contributed by atoms with E-state index in [1.165, 1.54) is 11.1 Å².